The molecule has 2 atom stereocenters. The highest BCUT2D eigenvalue weighted by Crippen LogP contribution is 2.37. The number of aromatic nitrogens is 3. The van der Waals surface area contributed by atoms with E-state index in [4.69, 9.17) is 21.1 Å². The lowest BCUT2D eigenvalue weighted by Crippen LogP contribution is -2.03. The zero-order valence-electron chi connectivity index (χ0n) is 17.5. The Morgan fingerprint density at radius 1 is 1.23 bits per heavy atom. The lowest BCUT2D eigenvalue weighted by Gasteiger charge is -2.05. The van der Waals surface area contributed by atoms with Crippen LogP contribution in [0.15, 0.2) is 48.9 Å². The van der Waals surface area contributed by atoms with Crippen LogP contribution in [0, 0.1) is 6.92 Å². The molecule has 0 spiro atoms. The molecule has 0 saturated carbocycles. The monoisotopic (exact) mass is 453 g/mol. The van der Waals surface area contributed by atoms with Gasteiger partial charge in [0.05, 0.1) is 4.88 Å². The van der Waals surface area contributed by atoms with E-state index in [1.165, 1.54) is 0 Å². The predicted molar refractivity (Wildman–Crippen MR) is 126 cm³/mol. The molecule has 0 radical (unpaired) electrons. The number of benzene rings is 1. The minimum absolute atomic E-state index is 0.0000640. The van der Waals surface area contributed by atoms with Crippen molar-refractivity contribution in [3.05, 3.63) is 59.5 Å². The molecule has 0 N–H and O–H groups in total. The number of thiazole rings is 1. The van der Waals surface area contributed by atoms with Gasteiger partial charge in [0.25, 0.3) is 0 Å². The van der Waals surface area contributed by atoms with E-state index in [-0.39, 0.29) is 12.4 Å². The van der Waals surface area contributed by atoms with E-state index < -0.39 is 0 Å². The van der Waals surface area contributed by atoms with Crippen LogP contribution in [0.1, 0.15) is 25.3 Å². The number of ether oxygens (including phenoxy) is 2. The normalized spacial score (nSPS) is 18.0. The summed E-state index contributed by atoms with van der Waals surface area (Å²) < 4.78 is 13.2. The summed E-state index contributed by atoms with van der Waals surface area (Å²) >= 11 is 7.98. The Kier molecular flexibility index (Phi) is 5.80. The molecule has 31 heavy (non-hydrogen) atoms. The van der Waals surface area contributed by atoms with Crippen molar-refractivity contribution in [2.24, 2.45) is 0 Å². The Bertz CT molecular complexity index is 1220. The average Bonchev–Trinajstić information content (AvgIpc) is 3.15. The fourth-order valence-corrected chi connectivity index (χ4v) is 4.98. The number of hydrogen-bond donors (Lipinski definition) is 0. The second kappa shape index (κ2) is 8.71. The van der Waals surface area contributed by atoms with E-state index in [0.29, 0.717) is 6.61 Å². The van der Waals surface area contributed by atoms with Crippen molar-refractivity contribution in [2.75, 3.05) is 6.61 Å². The van der Waals surface area contributed by atoms with Gasteiger partial charge >= 0.3 is 0 Å². The third kappa shape index (κ3) is 4.26. The molecule has 4 aromatic rings. The number of rotatable bonds is 8. The van der Waals surface area contributed by atoms with Crippen LogP contribution in [0.25, 0.3) is 32.0 Å². The predicted octanol–water partition coefficient (Wildman–Crippen LogP) is 6.33. The van der Waals surface area contributed by atoms with Crippen molar-refractivity contribution in [3.63, 3.8) is 0 Å². The van der Waals surface area contributed by atoms with Crippen molar-refractivity contribution in [3.8, 4) is 21.0 Å². The first-order chi connectivity index (χ1) is 15.1. The molecule has 1 aromatic carbocycles. The molecule has 1 saturated heterocycles. The zero-order chi connectivity index (χ0) is 21.4. The molecule has 4 heterocycles. The van der Waals surface area contributed by atoms with Crippen LogP contribution in [0.5, 0.6) is 0 Å². The van der Waals surface area contributed by atoms with Crippen molar-refractivity contribution < 1.29 is 9.47 Å². The smallest absolute Gasteiger partial charge is 0.184 e. The lowest BCUT2D eigenvalue weighted by molar-refractivity contribution is 0.0593. The van der Waals surface area contributed by atoms with E-state index in [9.17, 15) is 0 Å². The average molecular weight is 454 g/mol. The van der Waals surface area contributed by atoms with Crippen LogP contribution in [0.4, 0.5) is 0 Å². The third-order valence-corrected chi connectivity index (χ3v) is 7.09. The van der Waals surface area contributed by atoms with Crippen molar-refractivity contribution in [1.82, 2.24) is 14.5 Å². The van der Waals surface area contributed by atoms with Crippen molar-refractivity contribution in [1.29, 1.82) is 0 Å². The van der Waals surface area contributed by atoms with Gasteiger partial charge in [-0.2, -0.15) is 0 Å². The highest BCUT2D eigenvalue weighted by atomic mass is 35.5. The first kappa shape index (κ1) is 20.6. The van der Waals surface area contributed by atoms with Gasteiger partial charge in [0.15, 0.2) is 6.29 Å². The fraction of sp³-hybridized carbons (Fsp3) is 0.333. The van der Waals surface area contributed by atoms with E-state index >= 15 is 0 Å². The maximum atomic E-state index is 6.31. The van der Waals surface area contributed by atoms with Gasteiger partial charge in [-0.1, -0.05) is 23.7 Å². The topological polar surface area (TPSA) is 52.5 Å². The van der Waals surface area contributed by atoms with Crippen LogP contribution in [-0.2, 0) is 16.0 Å². The van der Waals surface area contributed by atoms with Crippen LogP contribution in [-0.4, -0.2) is 33.5 Å². The van der Waals surface area contributed by atoms with E-state index in [1.54, 1.807) is 11.3 Å². The number of pyridine rings is 1. The molecule has 0 amide bonds. The largest absolute Gasteiger partial charge is 0.350 e. The minimum Gasteiger partial charge on any atom is -0.350 e. The summed E-state index contributed by atoms with van der Waals surface area (Å²) in [6.07, 6.45) is 8.22. The molecule has 5 nitrogen and oxygen atoms in total. The number of aryl methyl sites for hydroxylation is 2. The molecule has 3 aromatic heterocycles. The second-order valence-corrected chi connectivity index (χ2v) is 9.18. The summed E-state index contributed by atoms with van der Waals surface area (Å²) in [5.41, 5.74) is 4.28. The molecule has 5 rings (SSSR count). The van der Waals surface area contributed by atoms with Gasteiger partial charge < -0.3 is 14.0 Å². The molecule has 1 fully saturated rings. The molecule has 1 aliphatic heterocycles. The summed E-state index contributed by atoms with van der Waals surface area (Å²) in [5.74, 6) is 0. The summed E-state index contributed by atoms with van der Waals surface area (Å²) in [6.45, 7) is 5.61. The molecule has 2 unspecified atom stereocenters. The van der Waals surface area contributed by atoms with Gasteiger partial charge in [0.1, 0.15) is 16.8 Å². The van der Waals surface area contributed by atoms with Gasteiger partial charge in [0.2, 0.25) is 0 Å². The summed E-state index contributed by atoms with van der Waals surface area (Å²) in [7, 11) is 0. The summed E-state index contributed by atoms with van der Waals surface area (Å²) in [5, 5.41) is 2.88. The molecular formula is C24H24ClN3O2S. The molecule has 7 heteroatoms. The maximum Gasteiger partial charge on any atom is 0.184 e. The van der Waals surface area contributed by atoms with Gasteiger partial charge in [0, 0.05) is 53.3 Å². The third-order valence-electron chi connectivity index (χ3n) is 5.61. The van der Waals surface area contributed by atoms with Gasteiger partial charge in [-0.25, -0.2) is 9.97 Å². The Labute approximate surface area is 190 Å². The maximum absolute atomic E-state index is 6.31. The second-order valence-electron chi connectivity index (χ2n) is 7.74. The number of epoxide rings is 1. The number of fused-ring (bicyclic) bond motifs is 1. The Hall–Kier alpha value is -2.25. The first-order valence-electron chi connectivity index (χ1n) is 10.6. The SMILES string of the molecule is CCOC1OC1CCCn1ccc2c(-c3cnc(-c4ccc(C)c(Cl)c4)s3)ccnc21. The standard InChI is InChI=1S/C24H24ClN3O2S/c1-3-29-24-20(30-24)5-4-11-28-12-9-18-17(8-10-26-22(18)28)21-14-27-23(31-21)16-7-6-15(2)19(25)13-16/h6-10,12-14,20,24H,3-5,11H2,1-2H3. The lowest BCUT2D eigenvalue weighted by atomic mass is 10.1. The Morgan fingerprint density at radius 3 is 2.97 bits per heavy atom. The Morgan fingerprint density at radius 2 is 2.13 bits per heavy atom. The van der Waals surface area contributed by atoms with Gasteiger partial charge in [-0.15, -0.1) is 11.3 Å². The van der Waals surface area contributed by atoms with Crippen LogP contribution in [0.3, 0.4) is 0 Å². The highest BCUT2D eigenvalue weighted by Gasteiger charge is 2.38. The van der Waals surface area contributed by atoms with E-state index in [1.807, 2.05) is 38.4 Å². The first-order valence-corrected chi connectivity index (χ1v) is 11.8. The molecule has 1 aliphatic rings. The summed E-state index contributed by atoms with van der Waals surface area (Å²) in [4.78, 5) is 10.4. The number of nitrogens with zero attached hydrogens (tertiary/aromatic N) is 3. The Balaban J connectivity index is 1.34. The quantitative estimate of drug-likeness (QED) is 0.292. The van der Waals surface area contributed by atoms with Crippen LogP contribution >= 0.6 is 22.9 Å². The molecular weight excluding hydrogens is 430 g/mol. The van der Waals surface area contributed by atoms with E-state index in [0.717, 1.165) is 62.0 Å². The minimum atomic E-state index is 0.0000640. The molecule has 0 aliphatic carbocycles. The van der Waals surface area contributed by atoms with Crippen LogP contribution < -0.4 is 0 Å². The van der Waals surface area contributed by atoms with Gasteiger partial charge in [-0.3, -0.25) is 0 Å². The van der Waals surface area contributed by atoms with Crippen LogP contribution in [0.2, 0.25) is 5.02 Å². The number of halogens is 1. The molecule has 160 valence electrons. The number of hydrogen-bond acceptors (Lipinski definition) is 5. The zero-order valence-corrected chi connectivity index (χ0v) is 19.1. The summed E-state index contributed by atoms with van der Waals surface area (Å²) in [6, 6.07) is 10.3. The molecule has 0 bridgehead atoms. The highest BCUT2D eigenvalue weighted by molar-refractivity contribution is 7.18. The fourth-order valence-electron chi connectivity index (χ4n) is 3.85. The van der Waals surface area contributed by atoms with E-state index in [2.05, 4.69) is 38.9 Å². The van der Waals surface area contributed by atoms with Crippen molar-refractivity contribution >= 4 is 34.0 Å². The van der Waals surface area contributed by atoms with Crippen molar-refractivity contribution in [2.45, 2.75) is 45.6 Å². The van der Waals surface area contributed by atoms with Gasteiger partial charge in [-0.05, 0) is 50.5 Å².